The lowest BCUT2D eigenvalue weighted by Gasteiger charge is -2.35. The second kappa shape index (κ2) is 9.28. The van der Waals surface area contributed by atoms with E-state index < -0.39 is 11.7 Å². The van der Waals surface area contributed by atoms with E-state index in [1.54, 1.807) is 18.2 Å². The van der Waals surface area contributed by atoms with Gasteiger partial charge in [0, 0.05) is 36.1 Å². The lowest BCUT2D eigenvalue weighted by atomic mass is 10.2. The molecule has 1 amide bonds. The predicted molar refractivity (Wildman–Crippen MR) is 112 cm³/mol. The van der Waals surface area contributed by atoms with Gasteiger partial charge in [-0.1, -0.05) is 17.7 Å². The minimum atomic E-state index is -4.41. The number of carbonyl (C=O) groups excluding carboxylic acids is 1. The number of nitrogens with one attached hydrogen (secondary N) is 1. The zero-order valence-electron chi connectivity index (χ0n) is 15.8. The molecule has 1 heterocycles. The molecule has 0 spiro atoms. The predicted octanol–water partition coefficient (Wildman–Crippen LogP) is 4.84. The molecular formula is C20H21ClF3N3OS. The van der Waals surface area contributed by atoms with Crippen molar-refractivity contribution < 1.29 is 18.0 Å². The number of alkyl halides is 3. The maximum atomic E-state index is 12.8. The number of hydrogen-bond acceptors (Lipinski definition) is 4. The summed E-state index contributed by atoms with van der Waals surface area (Å²) >= 11 is 7.16. The minimum absolute atomic E-state index is 0.00397. The fourth-order valence-corrected chi connectivity index (χ4v) is 3.96. The monoisotopic (exact) mass is 443 g/mol. The van der Waals surface area contributed by atoms with Crippen molar-refractivity contribution in [3.8, 4) is 0 Å². The number of carbonyl (C=O) groups is 1. The van der Waals surface area contributed by atoms with Crippen molar-refractivity contribution in [3.63, 3.8) is 0 Å². The Labute approximate surface area is 177 Å². The van der Waals surface area contributed by atoms with E-state index in [1.165, 1.54) is 6.07 Å². The third-order valence-electron chi connectivity index (χ3n) is 4.61. The average Bonchev–Trinajstić information content (AvgIpc) is 2.67. The van der Waals surface area contributed by atoms with E-state index in [0.717, 1.165) is 55.8 Å². The van der Waals surface area contributed by atoms with Gasteiger partial charge in [0.2, 0.25) is 5.91 Å². The van der Waals surface area contributed by atoms with E-state index >= 15 is 0 Å². The van der Waals surface area contributed by atoms with Gasteiger partial charge in [-0.05, 0) is 43.4 Å². The molecule has 1 fully saturated rings. The van der Waals surface area contributed by atoms with Crippen molar-refractivity contribution in [2.75, 3.05) is 49.2 Å². The molecule has 2 aromatic carbocycles. The van der Waals surface area contributed by atoms with Crippen molar-refractivity contribution in [1.29, 1.82) is 0 Å². The van der Waals surface area contributed by atoms with Gasteiger partial charge in [-0.2, -0.15) is 13.2 Å². The quantitative estimate of drug-likeness (QED) is 0.671. The normalized spacial score (nSPS) is 15.4. The minimum Gasteiger partial charge on any atom is -0.367 e. The standard InChI is InChI=1S/C20H21ClF3N3OS/c1-26-7-9-27(10-8-26)18-6-5-15(21)12-17(18)25-19(28)13-29-16-4-2-3-14(11-16)20(22,23)24/h2-6,11-12H,7-10,13H2,1H3,(H,25,28). The first kappa shape index (κ1) is 21.8. The summed E-state index contributed by atoms with van der Waals surface area (Å²) in [6, 6.07) is 10.3. The number of amides is 1. The Morgan fingerprint density at radius 3 is 2.55 bits per heavy atom. The van der Waals surface area contributed by atoms with Crippen LogP contribution in [0.25, 0.3) is 0 Å². The maximum absolute atomic E-state index is 12.8. The van der Waals surface area contributed by atoms with Gasteiger partial charge in [-0.15, -0.1) is 11.8 Å². The Balaban J connectivity index is 1.66. The molecule has 2 aromatic rings. The number of piperazine rings is 1. The number of anilines is 2. The summed E-state index contributed by atoms with van der Waals surface area (Å²) in [7, 11) is 2.06. The van der Waals surface area contributed by atoms with Crippen LogP contribution in [0.3, 0.4) is 0 Å². The summed E-state index contributed by atoms with van der Waals surface area (Å²) in [6.45, 7) is 3.50. The van der Waals surface area contributed by atoms with Crippen molar-refractivity contribution in [3.05, 3.63) is 53.1 Å². The molecule has 3 rings (SSSR count). The first-order valence-electron chi connectivity index (χ1n) is 9.05. The molecule has 0 bridgehead atoms. The van der Waals surface area contributed by atoms with E-state index in [4.69, 9.17) is 11.6 Å². The fourth-order valence-electron chi connectivity index (χ4n) is 3.03. The van der Waals surface area contributed by atoms with Gasteiger partial charge < -0.3 is 15.1 Å². The molecule has 0 radical (unpaired) electrons. The van der Waals surface area contributed by atoms with Crippen LogP contribution in [0.1, 0.15) is 5.56 Å². The van der Waals surface area contributed by atoms with E-state index in [1.807, 2.05) is 6.07 Å². The Kier molecular flexibility index (Phi) is 6.97. The fraction of sp³-hybridized carbons (Fsp3) is 0.350. The molecule has 1 N–H and O–H groups in total. The van der Waals surface area contributed by atoms with Crippen LogP contribution in [0, 0.1) is 0 Å². The summed E-state index contributed by atoms with van der Waals surface area (Å²) in [5.74, 6) is -0.305. The van der Waals surface area contributed by atoms with Crippen LogP contribution in [0.2, 0.25) is 5.02 Å². The molecule has 0 aromatic heterocycles. The molecule has 29 heavy (non-hydrogen) atoms. The smallest absolute Gasteiger partial charge is 0.367 e. The van der Waals surface area contributed by atoms with Crippen LogP contribution in [0.4, 0.5) is 24.5 Å². The first-order chi connectivity index (χ1) is 13.7. The molecule has 0 unspecified atom stereocenters. The highest BCUT2D eigenvalue weighted by Crippen LogP contribution is 2.33. The second-order valence-corrected chi connectivity index (χ2v) is 8.30. The van der Waals surface area contributed by atoms with Crippen LogP contribution in [-0.4, -0.2) is 49.8 Å². The molecule has 1 aliphatic rings. The lowest BCUT2D eigenvalue weighted by Crippen LogP contribution is -2.44. The number of thioether (sulfide) groups is 1. The zero-order chi connectivity index (χ0) is 21.0. The molecular weight excluding hydrogens is 423 g/mol. The second-order valence-electron chi connectivity index (χ2n) is 6.81. The van der Waals surface area contributed by atoms with Crippen LogP contribution in [0.5, 0.6) is 0 Å². The summed E-state index contributed by atoms with van der Waals surface area (Å²) in [5.41, 5.74) is 0.770. The van der Waals surface area contributed by atoms with Gasteiger partial charge in [0.25, 0.3) is 0 Å². The van der Waals surface area contributed by atoms with Gasteiger partial charge in [-0.3, -0.25) is 4.79 Å². The van der Waals surface area contributed by atoms with Crippen LogP contribution in [0.15, 0.2) is 47.4 Å². The summed E-state index contributed by atoms with van der Waals surface area (Å²) in [6.07, 6.45) is -4.41. The van der Waals surface area contributed by atoms with E-state index in [0.29, 0.717) is 15.6 Å². The van der Waals surface area contributed by atoms with Gasteiger partial charge in [0.05, 0.1) is 22.7 Å². The first-order valence-corrected chi connectivity index (χ1v) is 10.4. The SMILES string of the molecule is CN1CCN(c2ccc(Cl)cc2NC(=O)CSc2cccc(C(F)(F)F)c2)CC1. The summed E-state index contributed by atoms with van der Waals surface area (Å²) < 4.78 is 38.5. The lowest BCUT2D eigenvalue weighted by molar-refractivity contribution is -0.137. The number of rotatable bonds is 5. The summed E-state index contributed by atoms with van der Waals surface area (Å²) in [5, 5.41) is 3.36. The Morgan fingerprint density at radius 2 is 1.86 bits per heavy atom. The van der Waals surface area contributed by atoms with Crippen molar-refractivity contribution >= 4 is 40.6 Å². The van der Waals surface area contributed by atoms with Crippen LogP contribution in [-0.2, 0) is 11.0 Å². The summed E-state index contributed by atoms with van der Waals surface area (Å²) in [4.78, 5) is 17.3. The average molecular weight is 444 g/mol. The number of likely N-dealkylation sites (N-methyl/N-ethyl adjacent to an activating group) is 1. The molecule has 1 aliphatic heterocycles. The van der Waals surface area contributed by atoms with Gasteiger partial charge in [0.1, 0.15) is 0 Å². The molecule has 156 valence electrons. The third-order valence-corrected chi connectivity index (χ3v) is 5.84. The topological polar surface area (TPSA) is 35.6 Å². The maximum Gasteiger partial charge on any atom is 0.416 e. The molecule has 0 atom stereocenters. The molecule has 9 heteroatoms. The largest absolute Gasteiger partial charge is 0.416 e. The number of benzene rings is 2. The van der Waals surface area contributed by atoms with E-state index in [9.17, 15) is 18.0 Å². The van der Waals surface area contributed by atoms with E-state index in [-0.39, 0.29) is 11.7 Å². The van der Waals surface area contributed by atoms with Crippen molar-refractivity contribution in [2.24, 2.45) is 0 Å². The number of hydrogen-bond donors (Lipinski definition) is 1. The van der Waals surface area contributed by atoms with Gasteiger partial charge >= 0.3 is 6.18 Å². The van der Waals surface area contributed by atoms with E-state index in [2.05, 4.69) is 22.2 Å². The highest BCUT2D eigenvalue weighted by molar-refractivity contribution is 8.00. The highest BCUT2D eigenvalue weighted by Gasteiger charge is 2.30. The molecule has 0 aliphatic carbocycles. The van der Waals surface area contributed by atoms with Crippen LogP contribution >= 0.6 is 23.4 Å². The van der Waals surface area contributed by atoms with Crippen molar-refractivity contribution in [2.45, 2.75) is 11.1 Å². The third kappa shape index (κ3) is 6.04. The van der Waals surface area contributed by atoms with Crippen LogP contribution < -0.4 is 10.2 Å². The number of halogens is 4. The Morgan fingerprint density at radius 1 is 1.14 bits per heavy atom. The number of nitrogens with zero attached hydrogens (tertiary/aromatic N) is 2. The zero-order valence-corrected chi connectivity index (χ0v) is 17.4. The molecule has 1 saturated heterocycles. The highest BCUT2D eigenvalue weighted by atomic mass is 35.5. The Bertz CT molecular complexity index is 870. The van der Waals surface area contributed by atoms with Crippen molar-refractivity contribution in [1.82, 2.24) is 4.90 Å². The molecule has 4 nitrogen and oxygen atoms in total. The Hall–Kier alpha value is -1.90. The van der Waals surface area contributed by atoms with Gasteiger partial charge in [-0.25, -0.2) is 0 Å². The molecule has 0 saturated carbocycles. The van der Waals surface area contributed by atoms with Gasteiger partial charge in [0.15, 0.2) is 0 Å².